The molecule has 12 nitrogen and oxygen atoms in total. The fourth-order valence-electron chi connectivity index (χ4n) is 11.0. The highest BCUT2D eigenvalue weighted by molar-refractivity contribution is 5.92. The van der Waals surface area contributed by atoms with Crippen LogP contribution in [0.3, 0.4) is 0 Å². The summed E-state index contributed by atoms with van der Waals surface area (Å²) in [4.78, 5) is 65.1. The maximum Gasteiger partial charge on any atom is 0.407 e. The van der Waals surface area contributed by atoms with Crippen LogP contribution in [0.15, 0.2) is 91.1 Å². The molecular formula is C51H60N8O4. The van der Waals surface area contributed by atoms with Crippen LogP contribution >= 0.6 is 0 Å². The van der Waals surface area contributed by atoms with Crippen molar-refractivity contribution in [2.75, 3.05) is 26.7 Å². The van der Waals surface area contributed by atoms with Gasteiger partial charge in [-0.1, -0.05) is 101 Å². The number of carboxylic acid groups (broad SMARTS) is 1. The lowest BCUT2D eigenvalue weighted by molar-refractivity contribution is -0.141. The number of nitrogens with one attached hydrogen (secondary N) is 2. The molecule has 2 aliphatic heterocycles. The number of likely N-dealkylation sites (tertiary alicyclic amines) is 2. The molecule has 6 atom stereocenters. The molecule has 6 aromatic rings. The zero-order valence-corrected chi connectivity index (χ0v) is 37.1. The van der Waals surface area contributed by atoms with Gasteiger partial charge in [-0.2, -0.15) is 0 Å². The van der Waals surface area contributed by atoms with E-state index < -0.39 is 12.1 Å². The second kappa shape index (κ2) is 17.6. The van der Waals surface area contributed by atoms with E-state index in [0.717, 1.165) is 112 Å². The molecule has 0 bridgehead atoms. The highest BCUT2D eigenvalue weighted by atomic mass is 16.4. The maximum atomic E-state index is 15.0. The van der Waals surface area contributed by atoms with Crippen molar-refractivity contribution in [2.24, 2.45) is 11.8 Å². The van der Waals surface area contributed by atoms with Crippen molar-refractivity contribution in [2.45, 2.75) is 103 Å². The van der Waals surface area contributed by atoms with E-state index in [0.29, 0.717) is 18.3 Å². The van der Waals surface area contributed by atoms with Gasteiger partial charge in [0.1, 0.15) is 23.7 Å². The van der Waals surface area contributed by atoms with Gasteiger partial charge in [-0.3, -0.25) is 19.4 Å². The van der Waals surface area contributed by atoms with Crippen LogP contribution in [0, 0.1) is 11.8 Å². The first-order chi connectivity index (χ1) is 30.5. The third-order valence-corrected chi connectivity index (χ3v) is 14.2. The molecule has 4 aromatic carbocycles. The van der Waals surface area contributed by atoms with Gasteiger partial charge in [-0.05, 0) is 109 Å². The number of carbonyl (C=O) groups excluding carboxylic acids is 2. The molecule has 12 heteroatoms. The van der Waals surface area contributed by atoms with Crippen molar-refractivity contribution in [3.63, 3.8) is 0 Å². The first-order valence-electron chi connectivity index (χ1n) is 23.0. The highest BCUT2D eigenvalue weighted by Crippen LogP contribution is 2.48. The van der Waals surface area contributed by atoms with E-state index in [1.165, 1.54) is 13.5 Å². The Morgan fingerprint density at radius 1 is 0.794 bits per heavy atom. The average Bonchev–Trinajstić information content (AvgIpc) is 4.13. The van der Waals surface area contributed by atoms with E-state index in [1.807, 2.05) is 38.2 Å². The molecular weight excluding hydrogens is 789 g/mol. The Morgan fingerprint density at radius 3 is 2.22 bits per heavy atom. The number of hydrogen-bond donors (Lipinski definition) is 3. The third-order valence-electron chi connectivity index (χ3n) is 14.2. The third kappa shape index (κ3) is 7.98. The number of aromatic amines is 2. The number of aromatic nitrogens is 4. The molecule has 3 N–H and O–H groups in total. The molecule has 3 amide bonds. The Labute approximate surface area is 369 Å². The minimum Gasteiger partial charge on any atom is -0.465 e. The molecule has 328 valence electrons. The standard InChI is InChI=1S/C51H60N8O4/c1-6-57(7-2)46(32-14-9-8-10-15-32)50(61)59-42-17-12-11-16-38(42)29-44(59)48-53-39-24-23-36(28-40(39)54-48)34-19-20-35-27-37(22-21-33(35)26-34)41-30-52-47(55-41)43-18-13-25-58(43)49(60)45(31(3)4)56(5)51(62)63/h8-10,14-15,19-24,26-28,30-31,38,42-46H,6-7,11-13,16-18,25,29H2,1-5H3,(H,52,55)(H,53,54)(H,62,63)/t38-,42-,43-,44-,45-,46+/m0/s1. The molecule has 0 unspecified atom stereocenters. The first kappa shape index (κ1) is 42.3. The minimum atomic E-state index is -1.11. The van der Waals surface area contributed by atoms with Gasteiger partial charge in [-0.25, -0.2) is 14.8 Å². The molecule has 3 aliphatic rings. The molecule has 1 aliphatic carbocycles. The van der Waals surface area contributed by atoms with E-state index in [1.54, 1.807) is 4.90 Å². The van der Waals surface area contributed by atoms with Crippen LogP contribution in [0.2, 0.25) is 0 Å². The predicted octanol–water partition coefficient (Wildman–Crippen LogP) is 9.99. The number of H-pyrrole nitrogens is 2. The van der Waals surface area contributed by atoms with Crippen LogP contribution in [0.5, 0.6) is 0 Å². The average molecular weight is 849 g/mol. The number of fused-ring (bicyclic) bond motifs is 3. The molecule has 2 aromatic heterocycles. The van der Waals surface area contributed by atoms with Crippen molar-refractivity contribution < 1.29 is 19.5 Å². The van der Waals surface area contributed by atoms with Crippen LogP contribution in [-0.2, 0) is 9.59 Å². The fourth-order valence-corrected chi connectivity index (χ4v) is 11.0. The van der Waals surface area contributed by atoms with Crippen LogP contribution in [-0.4, -0.2) is 101 Å². The van der Waals surface area contributed by atoms with Crippen molar-refractivity contribution in [3.8, 4) is 22.4 Å². The van der Waals surface area contributed by atoms with Gasteiger partial charge in [-0.15, -0.1) is 0 Å². The zero-order valence-electron chi connectivity index (χ0n) is 37.1. The summed E-state index contributed by atoms with van der Waals surface area (Å²) in [5.74, 6) is 1.90. The molecule has 0 radical (unpaired) electrons. The van der Waals surface area contributed by atoms with E-state index in [4.69, 9.17) is 9.97 Å². The highest BCUT2D eigenvalue weighted by Gasteiger charge is 2.48. The minimum absolute atomic E-state index is 0.105. The zero-order chi connectivity index (χ0) is 43.9. The van der Waals surface area contributed by atoms with Gasteiger partial charge in [0.25, 0.3) is 0 Å². The van der Waals surface area contributed by atoms with E-state index in [2.05, 4.69) is 100 Å². The van der Waals surface area contributed by atoms with Gasteiger partial charge in [0.05, 0.1) is 35.0 Å². The molecule has 2 saturated heterocycles. The molecule has 0 spiro atoms. The summed E-state index contributed by atoms with van der Waals surface area (Å²) in [7, 11) is 1.46. The Kier molecular flexibility index (Phi) is 11.8. The first-order valence-corrected chi connectivity index (χ1v) is 23.0. The van der Waals surface area contributed by atoms with Gasteiger partial charge >= 0.3 is 6.09 Å². The Bertz CT molecular complexity index is 2620. The number of hydrogen-bond acceptors (Lipinski definition) is 6. The van der Waals surface area contributed by atoms with Crippen LogP contribution in [0.4, 0.5) is 4.79 Å². The summed E-state index contributed by atoms with van der Waals surface area (Å²) in [6, 6.07) is 28.4. The Morgan fingerprint density at radius 2 is 1.49 bits per heavy atom. The lowest BCUT2D eigenvalue weighted by Gasteiger charge is -2.39. The summed E-state index contributed by atoms with van der Waals surface area (Å²) < 4.78 is 0. The Balaban J connectivity index is 0.954. The van der Waals surface area contributed by atoms with Gasteiger partial charge in [0.2, 0.25) is 11.8 Å². The molecule has 63 heavy (non-hydrogen) atoms. The quantitative estimate of drug-likeness (QED) is 0.111. The normalized spacial score (nSPS) is 21.1. The van der Waals surface area contributed by atoms with Crippen LogP contribution in [0.1, 0.15) is 108 Å². The monoisotopic (exact) mass is 848 g/mol. The number of carbonyl (C=O) groups is 3. The Hall–Kier alpha value is -6.01. The van der Waals surface area contributed by atoms with Crippen LogP contribution < -0.4 is 0 Å². The molecule has 1 saturated carbocycles. The van der Waals surface area contributed by atoms with E-state index >= 15 is 0 Å². The predicted molar refractivity (Wildman–Crippen MR) is 247 cm³/mol. The molecule has 3 fully saturated rings. The molecule has 4 heterocycles. The van der Waals surface area contributed by atoms with Gasteiger partial charge in [0, 0.05) is 25.2 Å². The molecule has 9 rings (SSSR count). The number of imidazole rings is 2. The largest absolute Gasteiger partial charge is 0.465 e. The van der Waals surface area contributed by atoms with E-state index in [9.17, 15) is 19.5 Å². The smallest absolute Gasteiger partial charge is 0.407 e. The summed E-state index contributed by atoms with van der Waals surface area (Å²) >= 11 is 0. The topological polar surface area (TPSA) is 142 Å². The summed E-state index contributed by atoms with van der Waals surface area (Å²) in [5.41, 5.74) is 6.97. The number of amides is 3. The lowest BCUT2D eigenvalue weighted by Crippen LogP contribution is -2.51. The summed E-state index contributed by atoms with van der Waals surface area (Å²) in [5, 5.41) is 11.9. The lowest BCUT2D eigenvalue weighted by atomic mass is 9.84. The number of rotatable bonds is 12. The second-order valence-electron chi connectivity index (χ2n) is 18.2. The van der Waals surface area contributed by atoms with Crippen molar-refractivity contribution in [1.82, 2.24) is 39.5 Å². The number of nitrogens with zero attached hydrogens (tertiary/aromatic N) is 6. The van der Waals surface area contributed by atoms with Crippen molar-refractivity contribution in [3.05, 3.63) is 108 Å². The van der Waals surface area contributed by atoms with Crippen LogP contribution in [0.25, 0.3) is 44.2 Å². The second-order valence-corrected chi connectivity index (χ2v) is 18.2. The summed E-state index contributed by atoms with van der Waals surface area (Å²) in [6.45, 7) is 10.2. The summed E-state index contributed by atoms with van der Waals surface area (Å²) in [6.07, 6.45) is 7.79. The maximum absolute atomic E-state index is 15.0. The number of likely N-dealkylation sites (N-methyl/N-ethyl adjacent to an activating group) is 2. The fraction of sp³-hybridized carbons (Fsp3) is 0.431. The van der Waals surface area contributed by atoms with Crippen molar-refractivity contribution in [1.29, 1.82) is 0 Å². The SMILES string of the molecule is CCN(CC)[C@@H](C(=O)N1[C@H](c2nc3ccc(-c4ccc5cc(-c6cnc([C@@H]7CCCN7C(=O)[C@H](C(C)C)N(C)C(=O)O)[nH]6)ccc5c4)cc3[nH]2)C[C@@H]2CCCC[C@@H]21)c1ccccc1. The van der Waals surface area contributed by atoms with Crippen molar-refractivity contribution >= 4 is 39.7 Å². The van der Waals surface area contributed by atoms with Gasteiger partial charge < -0.3 is 24.9 Å². The number of benzene rings is 4. The van der Waals surface area contributed by atoms with Gasteiger partial charge in [0.15, 0.2) is 0 Å². The van der Waals surface area contributed by atoms with E-state index in [-0.39, 0.29) is 41.9 Å².